The van der Waals surface area contributed by atoms with Crippen LogP contribution in [-0.4, -0.2) is 69.8 Å². The third-order valence-corrected chi connectivity index (χ3v) is 7.82. The standard InChI is InChI=1S/C19H31N3O4S2/c1-19(2,20-27(3,23)24)14-22(28(4,25)26)16-10-12-21-11-9-15-7-5-6-8-17(15)18(21)13-16/h5-8,16,18,20H,9-14H2,1-4H3/t16-,18+/m1/s1. The van der Waals surface area contributed by atoms with Gasteiger partial charge in [-0.15, -0.1) is 0 Å². The Balaban J connectivity index is 1.85. The van der Waals surface area contributed by atoms with Crippen LogP contribution in [0.5, 0.6) is 0 Å². The molecule has 0 amide bonds. The molecule has 2 atom stereocenters. The minimum absolute atomic E-state index is 0.109. The molecule has 1 fully saturated rings. The molecule has 0 saturated carbocycles. The van der Waals surface area contributed by atoms with Crippen molar-refractivity contribution < 1.29 is 16.8 Å². The Morgan fingerprint density at radius 2 is 1.82 bits per heavy atom. The first kappa shape index (κ1) is 21.7. The number of benzene rings is 1. The summed E-state index contributed by atoms with van der Waals surface area (Å²) in [7, 11) is -6.93. The number of sulfonamides is 2. The van der Waals surface area contributed by atoms with Crippen LogP contribution in [0.25, 0.3) is 0 Å². The monoisotopic (exact) mass is 429 g/mol. The van der Waals surface area contributed by atoms with Gasteiger partial charge in [0.1, 0.15) is 0 Å². The zero-order valence-corrected chi connectivity index (χ0v) is 18.7. The molecule has 0 spiro atoms. The van der Waals surface area contributed by atoms with Crippen LogP contribution in [0.3, 0.4) is 0 Å². The molecule has 2 aliphatic heterocycles. The van der Waals surface area contributed by atoms with Gasteiger partial charge in [0.25, 0.3) is 0 Å². The van der Waals surface area contributed by atoms with E-state index in [0.29, 0.717) is 0 Å². The number of piperidine rings is 1. The summed E-state index contributed by atoms with van der Waals surface area (Å²) in [5, 5.41) is 0. The Morgan fingerprint density at radius 1 is 1.14 bits per heavy atom. The molecule has 9 heteroatoms. The minimum Gasteiger partial charge on any atom is -0.296 e. The van der Waals surface area contributed by atoms with Crippen molar-refractivity contribution in [3.05, 3.63) is 35.4 Å². The highest BCUT2D eigenvalue weighted by molar-refractivity contribution is 7.89. The Kier molecular flexibility index (Phi) is 5.95. The van der Waals surface area contributed by atoms with Gasteiger partial charge in [-0.1, -0.05) is 24.3 Å². The normalized spacial score (nSPS) is 24.0. The second kappa shape index (κ2) is 7.68. The highest BCUT2D eigenvalue weighted by Crippen LogP contribution is 2.38. The first-order valence-electron chi connectivity index (χ1n) is 9.63. The maximum Gasteiger partial charge on any atom is 0.211 e. The van der Waals surface area contributed by atoms with Crippen LogP contribution < -0.4 is 4.72 Å². The van der Waals surface area contributed by atoms with Crippen LogP contribution >= 0.6 is 0 Å². The average molecular weight is 430 g/mol. The van der Waals surface area contributed by atoms with E-state index in [1.165, 1.54) is 21.7 Å². The molecule has 0 aromatic heterocycles. The molecule has 2 aliphatic rings. The van der Waals surface area contributed by atoms with E-state index < -0.39 is 25.6 Å². The van der Waals surface area contributed by atoms with Gasteiger partial charge in [0.05, 0.1) is 12.5 Å². The van der Waals surface area contributed by atoms with Crippen molar-refractivity contribution in [1.29, 1.82) is 0 Å². The van der Waals surface area contributed by atoms with Crippen LogP contribution in [0.4, 0.5) is 0 Å². The summed E-state index contributed by atoms with van der Waals surface area (Å²) < 4.78 is 52.7. The Morgan fingerprint density at radius 3 is 2.46 bits per heavy atom. The topological polar surface area (TPSA) is 86.8 Å². The summed E-state index contributed by atoms with van der Waals surface area (Å²) in [5.74, 6) is 0. The molecule has 0 aliphatic carbocycles. The van der Waals surface area contributed by atoms with E-state index in [1.54, 1.807) is 13.8 Å². The molecule has 0 bridgehead atoms. The summed E-state index contributed by atoms with van der Waals surface area (Å²) in [6.45, 7) is 5.39. The predicted octanol–water partition coefficient (Wildman–Crippen LogP) is 1.34. The van der Waals surface area contributed by atoms with Gasteiger partial charge in [-0.3, -0.25) is 4.90 Å². The van der Waals surface area contributed by atoms with Crippen molar-refractivity contribution in [1.82, 2.24) is 13.9 Å². The van der Waals surface area contributed by atoms with E-state index >= 15 is 0 Å². The van der Waals surface area contributed by atoms with Crippen LogP contribution in [0, 0.1) is 0 Å². The third kappa shape index (κ3) is 5.13. The summed E-state index contributed by atoms with van der Waals surface area (Å²) in [6, 6.07) is 8.45. The van der Waals surface area contributed by atoms with Crippen LogP contribution in [0.15, 0.2) is 24.3 Å². The van der Waals surface area contributed by atoms with Crippen molar-refractivity contribution >= 4 is 20.0 Å². The van der Waals surface area contributed by atoms with Gasteiger partial charge in [0, 0.05) is 37.3 Å². The molecule has 1 aromatic carbocycles. The van der Waals surface area contributed by atoms with Gasteiger partial charge in [0.2, 0.25) is 20.0 Å². The van der Waals surface area contributed by atoms with Crippen LogP contribution in [-0.2, 0) is 26.5 Å². The number of hydrogen-bond donors (Lipinski definition) is 1. The fourth-order valence-electron chi connectivity index (χ4n) is 4.64. The van der Waals surface area contributed by atoms with Crippen molar-refractivity contribution in [3.63, 3.8) is 0 Å². The van der Waals surface area contributed by atoms with Crippen LogP contribution in [0.2, 0.25) is 0 Å². The fraction of sp³-hybridized carbons (Fsp3) is 0.684. The molecule has 1 saturated heterocycles. The molecule has 2 heterocycles. The Hall–Kier alpha value is -1.00. The highest BCUT2D eigenvalue weighted by atomic mass is 32.2. The maximum atomic E-state index is 12.6. The van der Waals surface area contributed by atoms with Crippen molar-refractivity contribution in [2.45, 2.75) is 50.7 Å². The average Bonchev–Trinajstić information content (AvgIpc) is 2.56. The van der Waals surface area contributed by atoms with Crippen molar-refractivity contribution in [2.24, 2.45) is 0 Å². The zero-order valence-electron chi connectivity index (χ0n) is 17.1. The zero-order chi connectivity index (χ0) is 20.7. The van der Waals surface area contributed by atoms with E-state index in [0.717, 1.165) is 38.6 Å². The first-order valence-corrected chi connectivity index (χ1v) is 13.4. The number of fused-ring (bicyclic) bond motifs is 3. The minimum atomic E-state index is -3.49. The predicted molar refractivity (Wildman–Crippen MR) is 111 cm³/mol. The molecule has 0 radical (unpaired) electrons. The molecule has 3 rings (SSSR count). The lowest BCUT2D eigenvalue weighted by atomic mass is 9.85. The number of nitrogens with one attached hydrogen (secondary N) is 1. The molecular formula is C19H31N3O4S2. The van der Waals surface area contributed by atoms with Gasteiger partial charge in [-0.2, -0.15) is 4.31 Å². The number of rotatable bonds is 6. The van der Waals surface area contributed by atoms with E-state index in [2.05, 4.69) is 27.8 Å². The van der Waals surface area contributed by atoms with E-state index in [4.69, 9.17) is 0 Å². The molecule has 7 nitrogen and oxygen atoms in total. The molecule has 28 heavy (non-hydrogen) atoms. The first-order chi connectivity index (χ1) is 12.9. The van der Waals surface area contributed by atoms with E-state index in [1.807, 2.05) is 6.07 Å². The lowest BCUT2D eigenvalue weighted by Gasteiger charge is -2.46. The SMILES string of the molecule is CC(C)(CN([C@@H]1CCN2CCc3ccccc3[C@@H]2C1)S(C)(=O)=O)NS(C)(=O)=O. The molecule has 158 valence electrons. The summed E-state index contributed by atoms with van der Waals surface area (Å²) in [4.78, 5) is 2.44. The van der Waals surface area contributed by atoms with Gasteiger partial charge < -0.3 is 0 Å². The number of hydrogen-bond acceptors (Lipinski definition) is 5. The van der Waals surface area contributed by atoms with E-state index in [9.17, 15) is 16.8 Å². The van der Waals surface area contributed by atoms with Crippen molar-refractivity contribution in [2.75, 3.05) is 32.1 Å². The number of nitrogens with zero attached hydrogens (tertiary/aromatic N) is 2. The maximum absolute atomic E-state index is 12.6. The summed E-state index contributed by atoms with van der Waals surface area (Å²) in [6.07, 6.45) is 4.81. The third-order valence-electron chi connectivity index (χ3n) is 5.61. The molecular weight excluding hydrogens is 398 g/mol. The smallest absolute Gasteiger partial charge is 0.211 e. The molecule has 0 unspecified atom stereocenters. The highest BCUT2D eigenvalue weighted by Gasteiger charge is 2.40. The lowest BCUT2D eigenvalue weighted by Crippen LogP contribution is -2.57. The van der Waals surface area contributed by atoms with Crippen LogP contribution in [0.1, 0.15) is 43.9 Å². The Labute approximate surface area is 169 Å². The Bertz CT molecular complexity index is 928. The van der Waals surface area contributed by atoms with Gasteiger partial charge in [-0.25, -0.2) is 21.6 Å². The van der Waals surface area contributed by atoms with Gasteiger partial charge in [0.15, 0.2) is 0 Å². The van der Waals surface area contributed by atoms with Crippen molar-refractivity contribution in [3.8, 4) is 0 Å². The lowest BCUT2D eigenvalue weighted by molar-refractivity contribution is 0.0849. The molecule has 1 aromatic rings. The molecule has 1 N–H and O–H groups in total. The fourth-order valence-corrected chi connectivity index (χ4v) is 7.00. The second-order valence-corrected chi connectivity index (χ2v) is 12.4. The van der Waals surface area contributed by atoms with E-state index in [-0.39, 0.29) is 18.6 Å². The quantitative estimate of drug-likeness (QED) is 0.737. The van der Waals surface area contributed by atoms with Gasteiger partial charge >= 0.3 is 0 Å². The summed E-state index contributed by atoms with van der Waals surface area (Å²) >= 11 is 0. The largest absolute Gasteiger partial charge is 0.296 e. The second-order valence-electron chi connectivity index (χ2n) is 8.75. The van der Waals surface area contributed by atoms with Gasteiger partial charge in [-0.05, 0) is 44.2 Å². The summed E-state index contributed by atoms with van der Waals surface area (Å²) in [5.41, 5.74) is 1.74.